The first-order chi connectivity index (χ1) is 16.2. The highest BCUT2D eigenvalue weighted by Gasteiger charge is 2.19. The fraction of sp³-hybridized carbons (Fsp3) is 0.192. The van der Waals surface area contributed by atoms with Gasteiger partial charge in [0.25, 0.3) is 0 Å². The van der Waals surface area contributed by atoms with Crippen LogP contribution < -0.4 is 5.32 Å². The van der Waals surface area contributed by atoms with Crippen molar-refractivity contribution in [3.63, 3.8) is 0 Å². The van der Waals surface area contributed by atoms with Gasteiger partial charge in [0.05, 0.1) is 5.75 Å². The lowest BCUT2D eigenvalue weighted by Gasteiger charge is -2.19. The molecule has 174 valence electrons. The molecule has 8 heteroatoms. The van der Waals surface area contributed by atoms with Crippen molar-refractivity contribution < 1.29 is 4.79 Å². The summed E-state index contributed by atoms with van der Waals surface area (Å²) in [5.74, 6) is 0.677. The molecule has 0 saturated heterocycles. The van der Waals surface area contributed by atoms with Gasteiger partial charge in [0, 0.05) is 27.0 Å². The van der Waals surface area contributed by atoms with Crippen LogP contribution in [0, 0.1) is 0 Å². The molecule has 0 spiro atoms. The van der Waals surface area contributed by atoms with Crippen LogP contribution in [0.25, 0.3) is 17.1 Å². The summed E-state index contributed by atoms with van der Waals surface area (Å²) in [5.41, 5.74) is 3.73. The average Bonchev–Trinajstić information content (AvgIpc) is 3.21. The minimum absolute atomic E-state index is 0.0627. The van der Waals surface area contributed by atoms with E-state index < -0.39 is 0 Å². The Hall–Kier alpha value is -2.80. The summed E-state index contributed by atoms with van der Waals surface area (Å²) in [6, 6.07) is 23.2. The summed E-state index contributed by atoms with van der Waals surface area (Å²) >= 11 is 13.4. The molecule has 1 heterocycles. The first-order valence-electron chi connectivity index (χ1n) is 10.7. The molecular formula is C26H24Cl2N4OS. The molecule has 0 aliphatic rings. The monoisotopic (exact) mass is 510 g/mol. The van der Waals surface area contributed by atoms with Gasteiger partial charge in [-0.25, -0.2) is 0 Å². The summed E-state index contributed by atoms with van der Waals surface area (Å²) < 4.78 is 1.97. The van der Waals surface area contributed by atoms with Crippen molar-refractivity contribution in [3.8, 4) is 17.1 Å². The largest absolute Gasteiger partial charge is 0.325 e. The normalized spacial score (nSPS) is 11.4. The van der Waals surface area contributed by atoms with Gasteiger partial charge in [0.15, 0.2) is 11.0 Å². The van der Waals surface area contributed by atoms with Gasteiger partial charge in [-0.15, -0.1) is 10.2 Å². The second-order valence-electron chi connectivity index (χ2n) is 8.80. The van der Waals surface area contributed by atoms with Gasteiger partial charge < -0.3 is 5.32 Å². The van der Waals surface area contributed by atoms with Crippen molar-refractivity contribution >= 4 is 46.6 Å². The molecule has 3 aromatic carbocycles. The van der Waals surface area contributed by atoms with E-state index in [4.69, 9.17) is 23.2 Å². The van der Waals surface area contributed by atoms with Gasteiger partial charge in [-0.05, 0) is 41.3 Å². The summed E-state index contributed by atoms with van der Waals surface area (Å²) in [5, 5.41) is 13.2. The van der Waals surface area contributed by atoms with E-state index in [0.717, 1.165) is 17.1 Å². The lowest BCUT2D eigenvalue weighted by atomic mass is 9.87. The molecule has 0 bridgehead atoms. The van der Waals surface area contributed by atoms with Crippen molar-refractivity contribution in [2.24, 2.45) is 0 Å². The van der Waals surface area contributed by atoms with Crippen LogP contribution in [0.3, 0.4) is 0 Å². The van der Waals surface area contributed by atoms with Gasteiger partial charge >= 0.3 is 0 Å². The smallest absolute Gasteiger partial charge is 0.234 e. The molecule has 4 rings (SSSR count). The Kier molecular flexibility index (Phi) is 7.31. The molecule has 1 aromatic heterocycles. The molecule has 34 heavy (non-hydrogen) atoms. The Labute approximate surface area is 213 Å². The van der Waals surface area contributed by atoms with E-state index in [2.05, 4.69) is 60.6 Å². The molecule has 0 radical (unpaired) electrons. The summed E-state index contributed by atoms with van der Waals surface area (Å²) in [6.07, 6.45) is 0. The van der Waals surface area contributed by atoms with E-state index in [1.54, 1.807) is 18.2 Å². The zero-order valence-electron chi connectivity index (χ0n) is 19.0. The molecule has 0 atom stereocenters. The number of nitrogens with one attached hydrogen (secondary N) is 1. The number of carbonyl (C=O) groups is 1. The number of amides is 1. The number of benzene rings is 3. The van der Waals surface area contributed by atoms with E-state index >= 15 is 0 Å². The SMILES string of the molecule is CC(C)(C)c1ccc(-c2nnc(SCC(=O)Nc3cc(Cl)cc(Cl)c3)n2-c2ccccc2)cc1. The highest BCUT2D eigenvalue weighted by molar-refractivity contribution is 7.99. The minimum atomic E-state index is -0.193. The predicted octanol–water partition coefficient (Wildman–Crippen LogP) is 7.27. The number of rotatable bonds is 6. The van der Waals surface area contributed by atoms with E-state index in [-0.39, 0.29) is 17.1 Å². The first-order valence-corrected chi connectivity index (χ1v) is 12.5. The number of nitrogens with zero attached hydrogens (tertiary/aromatic N) is 3. The number of thioether (sulfide) groups is 1. The van der Waals surface area contributed by atoms with Gasteiger partial charge in [0.2, 0.25) is 5.91 Å². The molecule has 4 aromatic rings. The molecule has 1 N–H and O–H groups in total. The van der Waals surface area contributed by atoms with Crippen LogP contribution in [0.15, 0.2) is 78.0 Å². The van der Waals surface area contributed by atoms with Crippen molar-refractivity contribution in [3.05, 3.63) is 88.4 Å². The zero-order valence-corrected chi connectivity index (χ0v) is 21.4. The van der Waals surface area contributed by atoms with Crippen LogP contribution in [0.5, 0.6) is 0 Å². The maximum atomic E-state index is 12.6. The molecule has 1 amide bonds. The number of halogens is 2. The lowest BCUT2D eigenvalue weighted by Crippen LogP contribution is -2.14. The van der Waals surface area contributed by atoms with Crippen molar-refractivity contribution in [2.75, 3.05) is 11.1 Å². The number of hydrogen-bond donors (Lipinski definition) is 1. The second-order valence-corrected chi connectivity index (χ2v) is 10.6. The molecule has 0 saturated carbocycles. The van der Waals surface area contributed by atoms with Gasteiger partial charge in [-0.2, -0.15) is 0 Å². The van der Waals surface area contributed by atoms with Gasteiger partial charge in [0.1, 0.15) is 0 Å². The molecular weight excluding hydrogens is 487 g/mol. The Morgan fingerprint density at radius 2 is 1.59 bits per heavy atom. The van der Waals surface area contributed by atoms with Crippen molar-refractivity contribution in [1.29, 1.82) is 0 Å². The number of hydrogen-bond acceptors (Lipinski definition) is 4. The van der Waals surface area contributed by atoms with E-state index in [0.29, 0.717) is 20.9 Å². The standard InChI is InChI=1S/C26H24Cl2N4OS/c1-26(2,3)18-11-9-17(10-12-18)24-30-31-25(32(24)22-7-5-4-6-8-22)34-16-23(33)29-21-14-19(27)13-20(28)15-21/h4-15H,16H2,1-3H3,(H,29,33). The highest BCUT2D eigenvalue weighted by atomic mass is 35.5. The summed E-state index contributed by atoms with van der Waals surface area (Å²) in [7, 11) is 0. The molecule has 0 fully saturated rings. The van der Waals surface area contributed by atoms with E-state index in [1.165, 1.54) is 17.3 Å². The molecule has 0 unspecified atom stereocenters. The van der Waals surface area contributed by atoms with Crippen LogP contribution in [0.1, 0.15) is 26.3 Å². The second kappa shape index (κ2) is 10.2. The maximum absolute atomic E-state index is 12.6. The Balaban J connectivity index is 1.59. The third kappa shape index (κ3) is 5.81. The first kappa shape index (κ1) is 24.3. The van der Waals surface area contributed by atoms with Crippen LogP contribution in [-0.4, -0.2) is 26.4 Å². The van der Waals surface area contributed by atoms with Crippen molar-refractivity contribution in [1.82, 2.24) is 14.8 Å². The highest BCUT2D eigenvalue weighted by Crippen LogP contribution is 2.30. The maximum Gasteiger partial charge on any atom is 0.234 e. The molecule has 0 aliphatic carbocycles. The minimum Gasteiger partial charge on any atom is -0.325 e. The van der Waals surface area contributed by atoms with Crippen molar-refractivity contribution in [2.45, 2.75) is 31.3 Å². The Morgan fingerprint density at radius 1 is 0.941 bits per heavy atom. The number of aromatic nitrogens is 3. The van der Waals surface area contributed by atoms with Crippen LogP contribution in [0.2, 0.25) is 10.0 Å². The third-order valence-electron chi connectivity index (χ3n) is 5.14. The van der Waals surface area contributed by atoms with E-state index in [1.807, 2.05) is 34.9 Å². The number of carbonyl (C=O) groups excluding carboxylic acids is 1. The number of anilines is 1. The van der Waals surface area contributed by atoms with Gasteiger partial charge in [-0.1, -0.05) is 98.2 Å². The molecule has 5 nitrogen and oxygen atoms in total. The van der Waals surface area contributed by atoms with Crippen LogP contribution in [-0.2, 0) is 10.2 Å². The van der Waals surface area contributed by atoms with E-state index in [9.17, 15) is 4.79 Å². The van der Waals surface area contributed by atoms with Crippen LogP contribution in [0.4, 0.5) is 5.69 Å². The topological polar surface area (TPSA) is 59.8 Å². The Bertz CT molecular complexity index is 1280. The fourth-order valence-corrected chi connectivity index (χ4v) is 4.71. The summed E-state index contributed by atoms with van der Waals surface area (Å²) in [4.78, 5) is 12.6. The quantitative estimate of drug-likeness (QED) is 0.277. The fourth-order valence-electron chi connectivity index (χ4n) is 3.43. The third-order valence-corrected chi connectivity index (χ3v) is 6.50. The number of para-hydroxylation sites is 1. The lowest BCUT2D eigenvalue weighted by molar-refractivity contribution is -0.113. The summed E-state index contributed by atoms with van der Waals surface area (Å²) in [6.45, 7) is 6.56. The zero-order chi connectivity index (χ0) is 24.3. The predicted molar refractivity (Wildman–Crippen MR) is 141 cm³/mol. The average molecular weight is 511 g/mol. The Morgan fingerprint density at radius 3 is 2.21 bits per heavy atom. The van der Waals surface area contributed by atoms with Gasteiger partial charge in [-0.3, -0.25) is 9.36 Å². The molecule has 0 aliphatic heterocycles. The van der Waals surface area contributed by atoms with Crippen LogP contribution >= 0.6 is 35.0 Å².